The van der Waals surface area contributed by atoms with Gasteiger partial charge in [0.2, 0.25) is 0 Å². The number of rotatable bonds is 3. The molecule has 0 spiro atoms. The van der Waals surface area contributed by atoms with Gasteiger partial charge in [0.05, 0.1) is 0 Å². The van der Waals surface area contributed by atoms with Crippen LogP contribution in [0.4, 0.5) is 0 Å². The SMILES string of the molecule is Cc1ccc(C)c(C(CCO)C(C)(C)C)c1. The smallest absolute Gasteiger partial charge is 0.0437 e. The Morgan fingerprint density at radius 1 is 1.19 bits per heavy atom. The fourth-order valence-electron chi connectivity index (χ4n) is 2.32. The first-order valence-electron chi connectivity index (χ1n) is 6.04. The zero-order valence-electron chi connectivity index (χ0n) is 11.2. The first kappa shape index (κ1) is 13.2. The molecule has 0 bridgehead atoms. The fourth-order valence-corrected chi connectivity index (χ4v) is 2.32. The summed E-state index contributed by atoms with van der Waals surface area (Å²) in [5, 5.41) is 9.22. The first-order valence-corrected chi connectivity index (χ1v) is 6.04. The van der Waals surface area contributed by atoms with E-state index in [0.29, 0.717) is 5.92 Å². The van der Waals surface area contributed by atoms with Crippen molar-refractivity contribution in [3.63, 3.8) is 0 Å². The molecule has 0 radical (unpaired) electrons. The Hall–Kier alpha value is -0.820. The number of benzene rings is 1. The highest BCUT2D eigenvalue weighted by Crippen LogP contribution is 2.39. The quantitative estimate of drug-likeness (QED) is 0.821. The summed E-state index contributed by atoms with van der Waals surface area (Å²) in [5.74, 6) is 0.428. The molecule has 0 fully saturated rings. The molecule has 0 aliphatic carbocycles. The van der Waals surface area contributed by atoms with Gasteiger partial charge in [0.25, 0.3) is 0 Å². The molecule has 0 amide bonds. The molecule has 0 heterocycles. The standard InChI is InChI=1S/C15H24O/c1-11-6-7-12(2)13(10-11)14(8-9-16)15(3,4)5/h6-7,10,14,16H,8-9H2,1-5H3. The lowest BCUT2D eigenvalue weighted by Crippen LogP contribution is -2.20. The average Bonchev–Trinajstić information content (AvgIpc) is 2.17. The molecular formula is C15H24O. The van der Waals surface area contributed by atoms with Crippen LogP contribution < -0.4 is 0 Å². The molecule has 1 heteroatoms. The zero-order valence-corrected chi connectivity index (χ0v) is 11.2. The van der Waals surface area contributed by atoms with Crippen molar-refractivity contribution in [2.45, 2.75) is 47.0 Å². The third-order valence-corrected chi connectivity index (χ3v) is 3.27. The molecule has 1 atom stereocenters. The second-order valence-electron chi connectivity index (χ2n) is 5.79. The highest BCUT2D eigenvalue weighted by atomic mass is 16.3. The van der Waals surface area contributed by atoms with Crippen LogP contribution in [0.5, 0.6) is 0 Å². The lowest BCUT2D eigenvalue weighted by molar-refractivity contribution is 0.223. The van der Waals surface area contributed by atoms with Crippen LogP contribution in [0.25, 0.3) is 0 Å². The van der Waals surface area contributed by atoms with Gasteiger partial charge in [0.1, 0.15) is 0 Å². The third kappa shape index (κ3) is 3.08. The first-order chi connectivity index (χ1) is 7.36. The van der Waals surface area contributed by atoms with Crippen molar-refractivity contribution in [3.8, 4) is 0 Å². The van der Waals surface area contributed by atoms with Gasteiger partial charge >= 0.3 is 0 Å². The summed E-state index contributed by atoms with van der Waals surface area (Å²) in [6.07, 6.45) is 0.841. The van der Waals surface area contributed by atoms with Crippen molar-refractivity contribution in [3.05, 3.63) is 34.9 Å². The predicted molar refractivity (Wildman–Crippen MR) is 69.8 cm³/mol. The average molecular weight is 220 g/mol. The van der Waals surface area contributed by atoms with E-state index in [9.17, 15) is 5.11 Å². The topological polar surface area (TPSA) is 20.2 Å². The Labute approximate surface area is 99.5 Å². The predicted octanol–water partition coefficient (Wildman–Crippen LogP) is 3.82. The van der Waals surface area contributed by atoms with Crippen LogP contribution in [0, 0.1) is 19.3 Å². The Balaban J connectivity index is 3.15. The molecule has 0 aliphatic heterocycles. The second-order valence-corrected chi connectivity index (χ2v) is 5.79. The third-order valence-electron chi connectivity index (χ3n) is 3.27. The lowest BCUT2D eigenvalue weighted by atomic mass is 9.73. The van der Waals surface area contributed by atoms with Gasteiger partial charge in [-0.15, -0.1) is 0 Å². The van der Waals surface area contributed by atoms with E-state index in [1.165, 1.54) is 16.7 Å². The molecule has 1 aromatic carbocycles. The van der Waals surface area contributed by atoms with Crippen molar-refractivity contribution in [1.29, 1.82) is 0 Å². The van der Waals surface area contributed by atoms with Gasteiger partial charge in [0, 0.05) is 6.61 Å². The summed E-state index contributed by atoms with van der Waals surface area (Å²) in [6, 6.07) is 6.60. The molecule has 1 aromatic rings. The van der Waals surface area contributed by atoms with Crippen LogP contribution in [0.1, 0.15) is 49.8 Å². The number of hydrogen-bond acceptors (Lipinski definition) is 1. The molecule has 0 saturated carbocycles. The van der Waals surface area contributed by atoms with E-state index in [1.807, 2.05) is 0 Å². The number of aryl methyl sites for hydroxylation is 2. The normalized spacial score (nSPS) is 13.9. The lowest BCUT2D eigenvalue weighted by Gasteiger charge is -2.32. The monoisotopic (exact) mass is 220 g/mol. The number of hydrogen-bond donors (Lipinski definition) is 1. The molecule has 1 N–H and O–H groups in total. The van der Waals surface area contributed by atoms with Crippen LogP contribution in [-0.2, 0) is 0 Å². The highest BCUT2D eigenvalue weighted by molar-refractivity contribution is 5.34. The summed E-state index contributed by atoms with van der Waals surface area (Å²) in [6.45, 7) is 11.3. The Kier molecular flexibility index (Phi) is 4.15. The molecule has 1 nitrogen and oxygen atoms in total. The van der Waals surface area contributed by atoms with Crippen LogP contribution >= 0.6 is 0 Å². The molecular weight excluding hydrogens is 196 g/mol. The summed E-state index contributed by atoms with van der Waals surface area (Å²) in [7, 11) is 0. The van der Waals surface area contributed by atoms with Crippen molar-refractivity contribution < 1.29 is 5.11 Å². The summed E-state index contributed by atoms with van der Waals surface area (Å²) < 4.78 is 0. The molecule has 0 saturated heterocycles. The van der Waals surface area contributed by atoms with Crippen molar-refractivity contribution >= 4 is 0 Å². The van der Waals surface area contributed by atoms with Gasteiger partial charge in [-0.3, -0.25) is 0 Å². The van der Waals surface area contributed by atoms with Crippen LogP contribution in [0.15, 0.2) is 18.2 Å². The minimum Gasteiger partial charge on any atom is -0.396 e. The van der Waals surface area contributed by atoms with E-state index in [-0.39, 0.29) is 12.0 Å². The van der Waals surface area contributed by atoms with Gasteiger partial charge in [-0.1, -0.05) is 44.5 Å². The zero-order chi connectivity index (χ0) is 12.3. The van der Waals surface area contributed by atoms with Crippen LogP contribution in [-0.4, -0.2) is 11.7 Å². The fraction of sp³-hybridized carbons (Fsp3) is 0.600. The highest BCUT2D eigenvalue weighted by Gasteiger charge is 2.26. The second kappa shape index (κ2) is 5.01. The van der Waals surface area contributed by atoms with Crippen molar-refractivity contribution in [1.82, 2.24) is 0 Å². The number of aliphatic hydroxyl groups excluding tert-OH is 1. The van der Waals surface area contributed by atoms with E-state index in [4.69, 9.17) is 0 Å². The minimum absolute atomic E-state index is 0.196. The van der Waals surface area contributed by atoms with E-state index in [2.05, 4.69) is 52.8 Å². The van der Waals surface area contributed by atoms with Crippen LogP contribution in [0.2, 0.25) is 0 Å². The Morgan fingerprint density at radius 3 is 2.31 bits per heavy atom. The van der Waals surface area contributed by atoms with Gasteiger partial charge in [-0.2, -0.15) is 0 Å². The number of aliphatic hydroxyl groups is 1. The molecule has 1 rings (SSSR count). The maximum atomic E-state index is 9.22. The maximum Gasteiger partial charge on any atom is 0.0437 e. The van der Waals surface area contributed by atoms with Crippen molar-refractivity contribution in [2.75, 3.05) is 6.61 Å². The molecule has 90 valence electrons. The molecule has 0 aliphatic rings. The van der Waals surface area contributed by atoms with E-state index >= 15 is 0 Å². The van der Waals surface area contributed by atoms with E-state index in [1.54, 1.807) is 0 Å². The van der Waals surface area contributed by atoms with Gasteiger partial charge in [-0.05, 0) is 42.7 Å². The summed E-state index contributed by atoms with van der Waals surface area (Å²) in [4.78, 5) is 0. The van der Waals surface area contributed by atoms with Gasteiger partial charge < -0.3 is 5.11 Å². The maximum absolute atomic E-state index is 9.22. The van der Waals surface area contributed by atoms with E-state index in [0.717, 1.165) is 6.42 Å². The molecule has 1 unspecified atom stereocenters. The molecule has 0 aromatic heterocycles. The Bertz CT molecular complexity index is 347. The summed E-state index contributed by atoms with van der Waals surface area (Å²) >= 11 is 0. The minimum atomic E-state index is 0.196. The van der Waals surface area contributed by atoms with Crippen LogP contribution in [0.3, 0.4) is 0 Å². The summed E-state index contributed by atoms with van der Waals surface area (Å²) in [5.41, 5.74) is 4.22. The largest absolute Gasteiger partial charge is 0.396 e. The van der Waals surface area contributed by atoms with Crippen molar-refractivity contribution in [2.24, 2.45) is 5.41 Å². The van der Waals surface area contributed by atoms with E-state index < -0.39 is 0 Å². The molecule has 16 heavy (non-hydrogen) atoms. The van der Waals surface area contributed by atoms with Gasteiger partial charge in [0.15, 0.2) is 0 Å². The van der Waals surface area contributed by atoms with Gasteiger partial charge in [-0.25, -0.2) is 0 Å². The Morgan fingerprint density at radius 2 is 1.81 bits per heavy atom.